The van der Waals surface area contributed by atoms with Crippen LogP contribution in [-0.2, 0) is 4.79 Å². The first-order valence-electron chi connectivity index (χ1n) is 6.97. The molecule has 1 aromatic carbocycles. The van der Waals surface area contributed by atoms with E-state index in [0.29, 0.717) is 0 Å². The zero-order valence-electron chi connectivity index (χ0n) is 11.5. The van der Waals surface area contributed by atoms with Gasteiger partial charge in [0.2, 0.25) is 0 Å². The molecule has 1 amide bonds. The quantitative estimate of drug-likeness (QED) is 0.843. The molecule has 2 heterocycles. The number of anilines is 1. The van der Waals surface area contributed by atoms with Crippen LogP contribution in [0.3, 0.4) is 0 Å². The fraction of sp³-hybridized carbons (Fsp3) is 0.400. The maximum absolute atomic E-state index is 12.1. The van der Waals surface area contributed by atoms with E-state index in [4.69, 9.17) is 0 Å². The van der Waals surface area contributed by atoms with Crippen molar-refractivity contribution in [3.8, 4) is 0 Å². The second-order valence-electron chi connectivity index (χ2n) is 5.16. The highest BCUT2D eigenvalue weighted by Crippen LogP contribution is 2.34. The van der Waals surface area contributed by atoms with Gasteiger partial charge in [-0.15, -0.1) is 0 Å². The van der Waals surface area contributed by atoms with Crippen molar-refractivity contribution < 1.29 is 4.79 Å². The molecule has 0 spiro atoms. The lowest BCUT2D eigenvalue weighted by Gasteiger charge is -2.33. The molecule has 1 N–H and O–H groups in total. The standard InChI is InChI=1S/C15H18BrN3O/c1-2-18-5-7-19(8-6-18)10-13-12-9-11(16)3-4-14(12)17-15(13)20/h3-4,9-10H,2,5-8H2,1H3,(H,17,20)/b13-10+. The molecule has 0 unspecified atom stereocenters. The normalized spacial score (nSPS) is 21.2. The molecule has 0 bridgehead atoms. The van der Waals surface area contributed by atoms with Crippen LogP contribution < -0.4 is 5.32 Å². The number of rotatable bonds is 2. The van der Waals surface area contributed by atoms with E-state index in [1.807, 2.05) is 24.4 Å². The first kappa shape index (κ1) is 13.6. The van der Waals surface area contributed by atoms with Crippen molar-refractivity contribution in [3.63, 3.8) is 0 Å². The van der Waals surface area contributed by atoms with Gasteiger partial charge in [0.1, 0.15) is 0 Å². The molecule has 3 rings (SSSR count). The number of carbonyl (C=O) groups excluding carboxylic acids is 1. The van der Waals surface area contributed by atoms with Gasteiger partial charge in [-0.1, -0.05) is 22.9 Å². The number of fused-ring (bicyclic) bond motifs is 1. The Morgan fingerprint density at radius 1 is 1.30 bits per heavy atom. The van der Waals surface area contributed by atoms with Gasteiger partial charge in [0, 0.05) is 48.1 Å². The van der Waals surface area contributed by atoms with Crippen LogP contribution in [0.1, 0.15) is 12.5 Å². The molecule has 0 atom stereocenters. The van der Waals surface area contributed by atoms with Gasteiger partial charge in [0.15, 0.2) is 0 Å². The minimum atomic E-state index is -0.00368. The van der Waals surface area contributed by atoms with Crippen LogP contribution in [-0.4, -0.2) is 48.4 Å². The first-order valence-corrected chi connectivity index (χ1v) is 7.76. The summed E-state index contributed by atoms with van der Waals surface area (Å²) in [6.07, 6.45) is 2.01. The highest BCUT2D eigenvalue weighted by molar-refractivity contribution is 9.10. The number of benzene rings is 1. The summed E-state index contributed by atoms with van der Waals surface area (Å²) < 4.78 is 0.995. The maximum Gasteiger partial charge on any atom is 0.257 e. The minimum absolute atomic E-state index is 0.00368. The number of hydrogen-bond donors (Lipinski definition) is 1. The molecular weight excluding hydrogens is 318 g/mol. The van der Waals surface area contributed by atoms with E-state index in [-0.39, 0.29) is 5.91 Å². The third-order valence-electron chi connectivity index (χ3n) is 3.93. The molecule has 106 valence electrons. The van der Waals surface area contributed by atoms with E-state index in [0.717, 1.165) is 54.0 Å². The molecule has 1 saturated heterocycles. The molecule has 1 aromatic rings. The molecule has 1 fully saturated rings. The number of nitrogens with one attached hydrogen (secondary N) is 1. The predicted octanol–water partition coefficient (Wildman–Crippen LogP) is 2.38. The van der Waals surface area contributed by atoms with Crippen LogP contribution in [0.5, 0.6) is 0 Å². The van der Waals surface area contributed by atoms with Crippen molar-refractivity contribution in [2.24, 2.45) is 0 Å². The van der Waals surface area contributed by atoms with E-state index in [9.17, 15) is 4.79 Å². The summed E-state index contributed by atoms with van der Waals surface area (Å²) in [6, 6.07) is 5.89. The number of carbonyl (C=O) groups is 1. The van der Waals surface area contributed by atoms with Gasteiger partial charge < -0.3 is 15.1 Å². The van der Waals surface area contributed by atoms with Crippen LogP contribution in [0.2, 0.25) is 0 Å². The summed E-state index contributed by atoms with van der Waals surface area (Å²) in [5, 5.41) is 2.92. The van der Waals surface area contributed by atoms with E-state index < -0.39 is 0 Å². The summed E-state index contributed by atoms with van der Waals surface area (Å²) in [5.41, 5.74) is 2.66. The van der Waals surface area contributed by atoms with Gasteiger partial charge in [-0.2, -0.15) is 0 Å². The lowest BCUT2D eigenvalue weighted by molar-refractivity contribution is -0.110. The summed E-state index contributed by atoms with van der Waals surface area (Å²) in [5.74, 6) is -0.00368. The fourth-order valence-electron chi connectivity index (χ4n) is 2.68. The third-order valence-corrected chi connectivity index (χ3v) is 4.42. The van der Waals surface area contributed by atoms with Gasteiger partial charge >= 0.3 is 0 Å². The van der Waals surface area contributed by atoms with Gasteiger partial charge in [0.05, 0.1) is 5.57 Å². The van der Waals surface area contributed by atoms with E-state index in [1.54, 1.807) is 0 Å². The number of nitrogens with zero attached hydrogens (tertiary/aromatic N) is 2. The van der Waals surface area contributed by atoms with Crippen molar-refractivity contribution >= 4 is 33.1 Å². The Kier molecular flexibility index (Phi) is 3.81. The van der Waals surface area contributed by atoms with Crippen molar-refractivity contribution in [1.29, 1.82) is 0 Å². The first-order chi connectivity index (χ1) is 9.67. The molecule has 0 radical (unpaired) electrons. The molecule has 20 heavy (non-hydrogen) atoms. The number of amides is 1. The van der Waals surface area contributed by atoms with Crippen LogP contribution in [0.4, 0.5) is 5.69 Å². The summed E-state index contributed by atoms with van der Waals surface area (Å²) in [4.78, 5) is 16.8. The average Bonchev–Trinajstić information content (AvgIpc) is 2.76. The topological polar surface area (TPSA) is 35.6 Å². The second kappa shape index (κ2) is 5.58. The molecule has 2 aliphatic heterocycles. The zero-order chi connectivity index (χ0) is 14.1. The largest absolute Gasteiger partial charge is 0.374 e. The zero-order valence-corrected chi connectivity index (χ0v) is 13.1. The SMILES string of the molecule is CCN1CCN(/C=C2/C(=O)Nc3ccc(Br)cc32)CC1. The van der Waals surface area contributed by atoms with Gasteiger partial charge in [0.25, 0.3) is 5.91 Å². The Balaban J connectivity index is 1.82. The van der Waals surface area contributed by atoms with Crippen LogP contribution in [0.15, 0.2) is 28.9 Å². The molecule has 0 aliphatic carbocycles. The molecule has 0 saturated carbocycles. The Labute approximate surface area is 127 Å². The van der Waals surface area contributed by atoms with Crippen molar-refractivity contribution in [1.82, 2.24) is 9.80 Å². The highest BCUT2D eigenvalue weighted by Gasteiger charge is 2.25. The molecule has 5 heteroatoms. The lowest BCUT2D eigenvalue weighted by atomic mass is 10.1. The smallest absolute Gasteiger partial charge is 0.257 e. The Morgan fingerprint density at radius 2 is 2.05 bits per heavy atom. The van der Waals surface area contributed by atoms with E-state index in [2.05, 4.69) is 38.0 Å². The number of piperazine rings is 1. The highest BCUT2D eigenvalue weighted by atomic mass is 79.9. The lowest BCUT2D eigenvalue weighted by Crippen LogP contribution is -2.43. The monoisotopic (exact) mass is 335 g/mol. The van der Waals surface area contributed by atoms with Crippen LogP contribution in [0, 0.1) is 0 Å². The molecule has 2 aliphatic rings. The second-order valence-corrected chi connectivity index (χ2v) is 6.07. The number of halogens is 1. The number of hydrogen-bond acceptors (Lipinski definition) is 3. The van der Waals surface area contributed by atoms with E-state index in [1.165, 1.54) is 0 Å². The Hall–Kier alpha value is -1.33. The minimum Gasteiger partial charge on any atom is -0.374 e. The average molecular weight is 336 g/mol. The fourth-order valence-corrected chi connectivity index (χ4v) is 3.04. The summed E-state index contributed by atoms with van der Waals surface area (Å²) >= 11 is 3.47. The third kappa shape index (κ3) is 2.60. The number of likely N-dealkylation sites (N-methyl/N-ethyl adjacent to an activating group) is 1. The maximum atomic E-state index is 12.1. The molecule has 4 nitrogen and oxygen atoms in total. The molecular formula is C15H18BrN3O. The van der Waals surface area contributed by atoms with Crippen molar-refractivity contribution in [2.45, 2.75) is 6.92 Å². The Morgan fingerprint density at radius 3 is 2.75 bits per heavy atom. The van der Waals surface area contributed by atoms with Crippen LogP contribution in [0.25, 0.3) is 5.57 Å². The van der Waals surface area contributed by atoms with Crippen LogP contribution >= 0.6 is 15.9 Å². The van der Waals surface area contributed by atoms with E-state index >= 15 is 0 Å². The van der Waals surface area contributed by atoms with Crippen molar-refractivity contribution in [3.05, 3.63) is 34.4 Å². The van der Waals surface area contributed by atoms with Gasteiger partial charge in [-0.25, -0.2) is 0 Å². The molecule has 0 aromatic heterocycles. The van der Waals surface area contributed by atoms with Gasteiger partial charge in [-0.3, -0.25) is 4.79 Å². The summed E-state index contributed by atoms with van der Waals surface area (Å²) in [6.45, 7) is 7.37. The van der Waals surface area contributed by atoms with Crippen molar-refractivity contribution in [2.75, 3.05) is 38.0 Å². The predicted molar refractivity (Wildman–Crippen MR) is 84.4 cm³/mol. The summed E-state index contributed by atoms with van der Waals surface area (Å²) in [7, 11) is 0. The Bertz CT molecular complexity index is 562. The van der Waals surface area contributed by atoms with Gasteiger partial charge in [-0.05, 0) is 24.7 Å².